The van der Waals surface area contributed by atoms with E-state index < -0.39 is 8.07 Å². The van der Waals surface area contributed by atoms with Crippen LogP contribution in [-0.2, 0) is 0 Å². The maximum Gasteiger partial charge on any atom is 0.199 e. The summed E-state index contributed by atoms with van der Waals surface area (Å²) in [4.78, 5) is 2.53. The van der Waals surface area contributed by atoms with E-state index in [2.05, 4.69) is 89.3 Å². The first-order valence-electron chi connectivity index (χ1n) is 11.3. The van der Waals surface area contributed by atoms with Gasteiger partial charge in [0.2, 0.25) is 0 Å². The first-order chi connectivity index (χ1) is 14.6. The zero-order valence-corrected chi connectivity index (χ0v) is 20.1. The Kier molecular flexibility index (Phi) is 5.07. The molecule has 1 aliphatic carbocycles. The molecule has 0 radical (unpaired) electrons. The lowest BCUT2D eigenvalue weighted by Gasteiger charge is -2.40. The maximum absolute atomic E-state index is 2.55. The average molecular weight is 445 g/mol. The average Bonchev–Trinajstić information content (AvgIpc) is 2.67. The van der Waals surface area contributed by atoms with Crippen LogP contribution in [0, 0.1) is 0 Å². The molecular formula is C27H29ClN2Si. The predicted octanol–water partition coefficient (Wildman–Crippen LogP) is 1.52. The van der Waals surface area contributed by atoms with Gasteiger partial charge >= 0.3 is 0 Å². The fourth-order valence-electron chi connectivity index (χ4n) is 5.28. The van der Waals surface area contributed by atoms with Crippen LogP contribution in [0.4, 0.5) is 5.69 Å². The summed E-state index contributed by atoms with van der Waals surface area (Å²) < 4.78 is 2.53. The summed E-state index contributed by atoms with van der Waals surface area (Å²) in [6.07, 6.45) is 9.93. The molecule has 0 N–H and O–H groups in total. The molecule has 0 bridgehead atoms. The van der Waals surface area contributed by atoms with Crippen LogP contribution in [0.5, 0.6) is 0 Å². The second-order valence-corrected chi connectivity index (χ2v) is 13.8. The van der Waals surface area contributed by atoms with Crippen LogP contribution in [-0.4, -0.2) is 44.5 Å². The van der Waals surface area contributed by atoms with Crippen molar-refractivity contribution in [3.8, 4) is 0 Å². The van der Waals surface area contributed by atoms with Crippen molar-refractivity contribution in [2.45, 2.75) is 25.9 Å². The Morgan fingerprint density at radius 1 is 0.903 bits per heavy atom. The highest BCUT2D eigenvalue weighted by Gasteiger charge is 2.41. The second-order valence-electron chi connectivity index (χ2n) is 9.51. The summed E-state index contributed by atoms with van der Waals surface area (Å²) in [6.45, 7) is 9.90. The normalized spacial score (nSPS) is 20.8. The number of hydrogen-bond acceptors (Lipinski definition) is 1. The molecule has 0 amide bonds. The minimum absolute atomic E-state index is 0. The third-order valence-corrected chi connectivity index (χ3v) is 10.9. The lowest BCUT2D eigenvalue weighted by molar-refractivity contribution is -0.582. The van der Waals surface area contributed by atoms with Gasteiger partial charge in [0.25, 0.3) is 0 Å². The first-order valence-corrected chi connectivity index (χ1v) is 14.3. The van der Waals surface area contributed by atoms with Crippen molar-refractivity contribution in [2.24, 2.45) is 0 Å². The predicted molar refractivity (Wildman–Crippen MR) is 130 cm³/mol. The van der Waals surface area contributed by atoms with E-state index >= 15 is 0 Å². The van der Waals surface area contributed by atoms with Crippen molar-refractivity contribution in [3.63, 3.8) is 0 Å². The van der Waals surface area contributed by atoms with E-state index in [4.69, 9.17) is 0 Å². The van der Waals surface area contributed by atoms with Gasteiger partial charge in [-0.15, -0.1) is 0 Å². The number of halogens is 1. The Morgan fingerprint density at radius 2 is 1.68 bits per heavy atom. The van der Waals surface area contributed by atoms with Gasteiger partial charge in [-0.3, -0.25) is 0 Å². The lowest BCUT2D eigenvalue weighted by atomic mass is 9.89. The van der Waals surface area contributed by atoms with E-state index in [0.717, 1.165) is 0 Å². The Balaban J connectivity index is 0.00000204. The van der Waals surface area contributed by atoms with Crippen LogP contribution in [0.25, 0.3) is 5.57 Å². The molecule has 2 aromatic carbocycles. The Hall–Kier alpha value is -2.36. The minimum atomic E-state index is -1.81. The Morgan fingerprint density at radius 3 is 2.32 bits per heavy atom. The molecule has 3 heterocycles. The van der Waals surface area contributed by atoms with Gasteiger partial charge < -0.3 is 17.3 Å². The van der Waals surface area contributed by atoms with Gasteiger partial charge in [-0.25, -0.2) is 4.58 Å². The Bertz CT molecular complexity index is 1160. The van der Waals surface area contributed by atoms with Crippen LogP contribution < -0.4 is 22.5 Å². The molecule has 2 nitrogen and oxygen atoms in total. The van der Waals surface area contributed by atoms with Gasteiger partial charge in [0.1, 0.15) is 21.2 Å². The fourth-order valence-corrected chi connectivity index (χ4v) is 8.35. The van der Waals surface area contributed by atoms with Crippen molar-refractivity contribution in [3.05, 3.63) is 88.7 Å². The van der Waals surface area contributed by atoms with E-state index in [1.807, 2.05) is 0 Å². The van der Waals surface area contributed by atoms with Crippen molar-refractivity contribution < 1.29 is 17.0 Å². The molecule has 0 spiro atoms. The third-order valence-electron chi connectivity index (χ3n) is 7.40. The van der Waals surface area contributed by atoms with Gasteiger partial charge in [-0.2, -0.15) is 0 Å². The number of hydrogen-bond donors (Lipinski definition) is 0. The number of allylic oxidation sites excluding steroid dienone is 5. The number of nitrogens with zero attached hydrogens (tertiary/aromatic N) is 2. The molecule has 0 atom stereocenters. The van der Waals surface area contributed by atoms with Crippen LogP contribution in [0.1, 0.15) is 24.0 Å². The summed E-state index contributed by atoms with van der Waals surface area (Å²) in [6, 6.07) is 18.3. The summed E-state index contributed by atoms with van der Waals surface area (Å²) in [5.41, 5.74) is 8.47. The van der Waals surface area contributed by atoms with Crippen molar-refractivity contribution in [1.82, 2.24) is 0 Å². The Labute approximate surface area is 192 Å². The smallest absolute Gasteiger partial charge is 0.199 e. The molecule has 0 unspecified atom stereocenters. The maximum atomic E-state index is 2.55. The molecule has 2 aromatic rings. The third kappa shape index (κ3) is 3.18. The molecule has 0 saturated carbocycles. The SMILES string of the molecule is C[Si]1(C)C2=CC(=[N+]3CCC3)C=CC2=C(c2ccccc2)c2ccc(N3CCC3)cc21.[Cl-]. The number of rotatable bonds is 2. The molecule has 158 valence electrons. The van der Waals surface area contributed by atoms with E-state index in [-0.39, 0.29) is 12.4 Å². The van der Waals surface area contributed by atoms with Crippen LogP contribution in [0.15, 0.2) is 77.5 Å². The molecule has 6 rings (SSSR count). The zero-order chi connectivity index (χ0) is 20.3. The van der Waals surface area contributed by atoms with Gasteiger partial charge in [-0.1, -0.05) is 49.5 Å². The van der Waals surface area contributed by atoms with E-state index in [0.29, 0.717) is 0 Å². The van der Waals surface area contributed by atoms with Gasteiger partial charge in [-0.05, 0) is 57.3 Å². The first kappa shape index (κ1) is 20.5. The van der Waals surface area contributed by atoms with Crippen LogP contribution >= 0.6 is 0 Å². The summed E-state index contributed by atoms with van der Waals surface area (Å²) in [5.74, 6) is 0. The highest BCUT2D eigenvalue weighted by molar-refractivity contribution is 6.98. The fraction of sp³-hybridized carbons (Fsp3) is 0.296. The van der Waals surface area contributed by atoms with Crippen LogP contribution in [0.2, 0.25) is 13.1 Å². The summed E-state index contributed by atoms with van der Waals surface area (Å²) in [5, 5.41) is 3.19. The van der Waals surface area contributed by atoms with Gasteiger partial charge in [0.15, 0.2) is 5.71 Å². The highest BCUT2D eigenvalue weighted by Crippen LogP contribution is 2.42. The largest absolute Gasteiger partial charge is 1.00 e. The highest BCUT2D eigenvalue weighted by atomic mass is 35.5. The molecule has 2 saturated heterocycles. The van der Waals surface area contributed by atoms with Gasteiger partial charge in [0.05, 0.1) is 6.42 Å². The molecule has 4 heteroatoms. The standard InChI is InChI=1S/C27H29N2Si.ClH/c1-30(2)25-18-21(28-14-6-15-28)10-12-23(25)27(20-8-4-3-5-9-20)24-13-11-22(19-26(24)30)29-16-7-17-29;/h3-5,8-13,18-19H,6-7,14-17H2,1-2H3;1H/q+1;/p-1. The van der Waals surface area contributed by atoms with Crippen molar-refractivity contribution >= 4 is 30.2 Å². The summed E-state index contributed by atoms with van der Waals surface area (Å²) in [7, 11) is -1.81. The quantitative estimate of drug-likeness (QED) is 0.503. The number of fused-ring (bicyclic) bond motifs is 2. The van der Waals surface area contributed by atoms with E-state index in [9.17, 15) is 0 Å². The minimum Gasteiger partial charge on any atom is -1.00 e. The van der Waals surface area contributed by atoms with Crippen LogP contribution in [0.3, 0.4) is 0 Å². The molecular weight excluding hydrogens is 416 g/mol. The molecule has 31 heavy (non-hydrogen) atoms. The topological polar surface area (TPSA) is 6.25 Å². The van der Waals surface area contributed by atoms with E-state index in [1.54, 1.807) is 10.4 Å². The zero-order valence-electron chi connectivity index (χ0n) is 18.4. The monoisotopic (exact) mass is 444 g/mol. The number of benzene rings is 2. The number of anilines is 1. The second kappa shape index (κ2) is 7.65. The summed E-state index contributed by atoms with van der Waals surface area (Å²) >= 11 is 0. The van der Waals surface area contributed by atoms with Gasteiger partial charge in [0, 0.05) is 30.9 Å². The van der Waals surface area contributed by atoms with E-state index in [1.165, 1.54) is 72.7 Å². The molecule has 3 aliphatic heterocycles. The van der Waals surface area contributed by atoms with Crippen molar-refractivity contribution in [1.29, 1.82) is 0 Å². The lowest BCUT2D eigenvalue weighted by Crippen LogP contribution is -3.00. The molecule has 2 fully saturated rings. The van der Waals surface area contributed by atoms with Crippen molar-refractivity contribution in [2.75, 3.05) is 31.1 Å². The molecule has 4 aliphatic rings. The molecule has 0 aromatic heterocycles.